The number of benzene rings is 1. The molecule has 0 unspecified atom stereocenters. The second kappa shape index (κ2) is 9.14. The van der Waals surface area contributed by atoms with Crippen LogP contribution in [0.15, 0.2) is 48.7 Å². The summed E-state index contributed by atoms with van der Waals surface area (Å²) in [6.45, 7) is 0.692. The molecule has 1 fully saturated rings. The van der Waals surface area contributed by atoms with Gasteiger partial charge >= 0.3 is 6.03 Å². The summed E-state index contributed by atoms with van der Waals surface area (Å²) in [7, 11) is 0. The number of piperazine rings is 1. The van der Waals surface area contributed by atoms with Crippen LogP contribution in [0.25, 0.3) is 0 Å². The van der Waals surface area contributed by atoms with Crippen molar-refractivity contribution in [2.45, 2.75) is 25.3 Å². The van der Waals surface area contributed by atoms with Crippen LogP contribution in [-0.4, -0.2) is 52.7 Å². The van der Waals surface area contributed by atoms with Crippen LogP contribution in [0.2, 0.25) is 0 Å². The smallest absolute Gasteiger partial charge is 0.322 e. The number of hydrogen-bond donors (Lipinski definition) is 3. The van der Waals surface area contributed by atoms with Gasteiger partial charge < -0.3 is 20.6 Å². The standard InChI is InChI=1S/C20H24N4O3/c25-14-10-18-19(26)22-12-13-24(18)20(27)23-17-8-5-15(6-9-17)4-7-16-3-1-2-11-21-16/h1-3,5-6,8-9,11,18,25H,4,7,10,12-14H2,(H,22,26)(H,23,27)/t18-/m1/s1. The Balaban J connectivity index is 1.57. The number of nitrogens with zero attached hydrogens (tertiary/aromatic N) is 2. The van der Waals surface area contributed by atoms with Gasteiger partial charge in [0.05, 0.1) is 0 Å². The third-order valence-electron chi connectivity index (χ3n) is 4.60. The van der Waals surface area contributed by atoms with E-state index < -0.39 is 6.04 Å². The van der Waals surface area contributed by atoms with Crippen LogP contribution >= 0.6 is 0 Å². The van der Waals surface area contributed by atoms with E-state index in [1.54, 1.807) is 6.20 Å². The van der Waals surface area contributed by atoms with Crippen LogP contribution in [0, 0.1) is 0 Å². The fourth-order valence-corrected chi connectivity index (χ4v) is 3.14. The molecule has 1 aromatic heterocycles. The lowest BCUT2D eigenvalue weighted by molar-refractivity contribution is -0.128. The van der Waals surface area contributed by atoms with E-state index in [0.717, 1.165) is 24.1 Å². The van der Waals surface area contributed by atoms with Crippen molar-refractivity contribution < 1.29 is 14.7 Å². The summed E-state index contributed by atoms with van der Waals surface area (Å²) in [5.41, 5.74) is 2.89. The zero-order chi connectivity index (χ0) is 19.1. The van der Waals surface area contributed by atoms with E-state index >= 15 is 0 Å². The summed E-state index contributed by atoms with van der Waals surface area (Å²) < 4.78 is 0. The Morgan fingerprint density at radius 2 is 2.04 bits per heavy atom. The number of pyridine rings is 1. The number of carbonyl (C=O) groups excluding carboxylic acids is 2. The van der Waals surface area contributed by atoms with Crippen molar-refractivity contribution in [2.24, 2.45) is 0 Å². The van der Waals surface area contributed by atoms with Gasteiger partial charge in [-0.25, -0.2) is 4.79 Å². The zero-order valence-corrected chi connectivity index (χ0v) is 15.1. The monoisotopic (exact) mass is 368 g/mol. The third kappa shape index (κ3) is 5.04. The summed E-state index contributed by atoms with van der Waals surface area (Å²) in [5, 5.41) is 14.7. The number of aromatic nitrogens is 1. The van der Waals surface area contributed by atoms with Crippen LogP contribution in [0.4, 0.5) is 10.5 Å². The molecule has 0 radical (unpaired) electrons. The van der Waals surface area contributed by atoms with E-state index in [9.17, 15) is 9.59 Å². The maximum absolute atomic E-state index is 12.5. The molecule has 0 saturated carbocycles. The van der Waals surface area contributed by atoms with Gasteiger partial charge in [0.2, 0.25) is 5.91 Å². The summed E-state index contributed by atoms with van der Waals surface area (Å²) in [6.07, 6.45) is 3.75. The molecule has 142 valence electrons. The molecule has 7 heteroatoms. The normalized spacial score (nSPS) is 16.7. The number of nitrogens with one attached hydrogen (secondary N) is 2. The van der Waals surface area contributed by atoms with Gasteiger partial charge in [-0.1, -0.05) is 18.2 Å². The van der Waals surface area contributed by atoms with Gasteiger partial charge in [-0.3, -0.25) is 9.78 Å². The number of aryl methyl sites for hydroxylation is 2. The van der Waals surface area contributed by atoms with Crippen molar-refractivity contribution in [3.63, 3.8) is 0 Å². The highest BCUT2D eigenvalue weighted by atomic mass is 16.3. The zero-order valence-electron chi connectivity index (χ0n) is 15.1. The summed E-state index contributed by atoms with van der Waals surface area (Å²) >= 11 is 0. The van der Waals surface area contributed by atoms with Gasteiger partial charge in [-0.15, -0.1) is 0 Å². The van der Waals surface area contributed by atoms with Gasteiger partial charge in [0.1, 0.15) is 6.04 Å². The molecule has 2 heterocycles. The van der Waals surface area contributed by atoms with Crippen LogP contribution in [0.3, 0.4) is 0 Å². The first kappa shape index (κ1) is 18.8. The molecule has 3 N–H and O–H groups in total. The number of carbonyl (C=O) groups is 2. The van der Waals surface area contributed by atoms with Crippen molar-refractivity contribution in [1.29, 1.82) is 0 Å². The lowest BCUT2D eigenvalue weighted by atomic mass is 10.1. The Bertz CT molecular complexity index is 765. The molecule has 0 spiro atoms. The quantitative estimate of drug-likeness (QED) is 0.722. The van der Waals surface area contributed by atoms with Gasteiger partial charge in [0.25, 0.3) is 0 Å². The minimum Gasteiger partial charge on any atom is -0.396 e. The highest BCUT2D eigenvalue weighted by Gasteiger charge is 2.32. The lowest BCUT2D eigenvalue weighted by Crippen LogP contribution is -2.58. The molecule has 1 aliphatic heterocycles. The number of anilines is 1. The van der Waals surface area contributed by atoms with Crippen molar-refractivity contribution in [3.05, 3.63) is 59.9 Å². The van der Waals surface area contributed by atoms with E-state index in [0.29, 0.717) is 18.8 Å². The Labute approximate surface area is 158 Å². The molecule has 27 heavy (non-hydrogen) atoms. The Morgan fingerprint density at radius 1 is 1.22 bits per heavy atom. The molecule has 3 amide bonds. The Kier molecular flexibility index (Phi) is 6.38. The lowest BCUT2D eigenvalue weighted by Gasteiger charge is -2.34. The number of hydrogen-bond acceptors (Lipinski definition) is 4. The van der Waals surface area contributed by atoms with Crippen LogP contribution in [0.5, 0.6) is 0 Å². The SMILES string of the molecule is O=C1NCCN(C(=O)Nc2ccc(CCc3ccccn3)cc2)[C@@H]1CCO. The van der Waals surface area contributed by atoms with Crippen molar-refractivity contribution in [3.8, 4) is 0 Å². The Hall–Kier alpha value is -2.93. The van der Waals surface area contributed by atoms with Gasteiger partial charge in [-0.2, -0.15) is 0 Å². The fraction of sp³-hybridized carbons (Fsp3) is 0.350. The summed E-state index contributed by atoms with van der Waals surface area (Å²) in [4.78, 5) is 30.3. The summed E-state index contributed by atoms with van der Waals surface area (Å²) in [5.74, 6) is -0.227. The van der Waals surface area contributed by atoms with Gasteiger partial charge in [0.15, 0.2) is 0 Å². The van der Waals surface area contributed by atoms with E-state index in [1.807, 2.05) is 42.5 Å². The number of aliphatic hydroxyl groups is 1. The Morgan fingerprint density at radius 3 is 2.74 bits per heavy atom. The first-order valence-electron chi connectivity index (χ1n) is 9.12. The molecular formula is C20H24N4O3. The van der Waals surface area contributed by atoms with Gasteiger partial charge in [0, 0.05) is 37.3 Å². The minimum absolute atomic E-state index is 0.146. The van der Waals surface area contributed by atoms with Crippen molar-refractivity contribution in [1.82, 2.24) is 15.2 Å². The van der Waals surface area contributed by atoms with Crippen LogP contribution in [-0.2, 0) is 17.6 Å². The van der Waals surface area contributed by atoms with Crippen molar-refractivity contribution in [2.75, 3.05) is 25.0 Å². The highest BCUT2D eigenvalue weighted by Crippen LogP contribution is 2.15. The molecule has 1 aromatic carbocycles. The van der Waals surface area contributed by atoms with Crippen molar-refractivity contribution >= 4 is 17.6 Å². The van der Waals surface area contributed by atoms with E-state index in [2.05, 4.69) is 15.6 Å². The molecule has 1 atom stereocenters. The molecule has 0 aliphatic carbocycles. The predicted molar refractivity (Wildman–Crippen MR) is 102 cm³/mol. The van der Waals surface area contributed by atoms with E-state index in [1.165, 1.54) is 4.90 Å². The first-order valence-corrected chi connectivity index (χ1v) is 9.12. The number of aliphatic hydroxyl groups excluding tert-OH is 1. The molecule has 2 aromatic rings. The minimum atomic E-state index is -0.638. The molecule has 3 rings (SSSR count). The second-order valence-corrected chi connectivity index (χ2v) is 6.46. The fourth-order valence-electron chi connectivity index (χ4n) is 3.14. The molecule has 0 bridgehead atoms. The molecular weight excluding hydrogens is 344 g/mol. The largest absolute Gasteiger partial charge is 0.396 e. The average Bonchev–Trinajstić information content (AvgIpc) is 2.70. The van der Waals surface area contributed by atoms with E-state index in [4.69, 9.17) is 5.11 Å². The molecule has 1 saturated heterocycles. The average molecular weight is 368 g/mol. The predicted octanol–water partition coefficient (Wildman–Crippen LogP) is 1.58. The van der Waals surface area contributed by atoms with Crippen LogP contribution in [0.1, 0.15) is 17.7 Å². The molecule has 7 nitrogen and oxygen atoms in total. The first-order chi connectivity index (χ1) is 13.2. The maximum Gasteiger partial charge on any atom is 0.322 e. The molecule has 1 aliphatic rings. The topological polar surface area (TPSA) is 94.6 Å². The second-order valence-electron chi connectivity index (χ2n) is 6.46. The number of rotatable bonds is 6. The highest BCUT2D eigenvalue weighted by molar-refractivity contribution is 5.94. The van der Waals surface area contributed by atoms with E-state index in [-0.39, 0.29) is 25.0 Å². The maximum atomic E-state index is 12.5. The number of amides is 3. The van der Waals surface area contributed by atoms with Crippen LogP contribution < -0.4 is 10.6 Å². The summed E-state index contributed by atoms with van der Waals surface area (Å²) in [6, 6.07) is 12.6. The number of urea groups is 1. The van der Waals surface area contributed by atoms with Gasteiger partial charge in [-0.05, 0) is 49.1 Å². The third-order valence-corrected chi connectivity index (χ3v) is 4.60.